The summed E-state index contributed by atoms with van der Waals surface area (Å²) < 4.78 is 12.5. The Balaban J connectivity index is 2.72. The molecular weight excluding hydrogens is 242 g/mol. The number of anilines is 1. The zero-order valence-electron chi connectivity index (χ0n) is 11.9. The van der Waals surface area contributed by atoms with E-state index in [1.54, 1.807) is 25.1 Å². The van der Waals surface area contributed by atoms with Gasteiger partial charge in [-0.3, -0.25) is 4.68 Å². The second-order valence-corrected chi connectivity index (χ2v) is 4.50. The second kappa shape index (κ2) is 4.84. The lowest BCUT2D eigenvalue weighted by Gasteiger charge is -2.16. The highest BCUT2D eigenvalue weighted by Crippen LogP contribution is 2.41. The van der Waals surface area contributed by atoms with E-state index in [4.69, 9.17) is 15.2 Å². The van der Waals surface area contributed by atoms with Crippen molar-refractivity contribution in [1.29, 1.82) is 0 Å². The molecule has 0 aliphatic rings. The van der Waals surface area contributed by atoms with E-state index in [2.05, 4.69) is 5.10 Å². The van der Waals surface area contributed by atoms with Gasteiger partial charge in [0.1, 0.15) is 5.82 Å². The molecule has 1 aromatic heterocycles. The van der Waals surface area contributed by atoms with Crippen LogP contribution in [0.1, 0.15) is 11.1 Å². The molecule has 0 aliphatic heterocycles. The number of nitrogen functional groups attached to an aromatic ring is 1. The summed E-state index contributed by atoms with van der Waals surface area (Å²) in [6, 6.07) is 2.05. The van der Waals surface area contributed by atoms with Crippen LogP contribution in [0.15, 0.2) is 12.3 Å². The number of aryl methyl sites for hydroxylation is 2. The summed E-state index contributed by atoms with van der Waals surface area (Å²) in [5.74, 6) is 2.13. The van der Waals surface area contributed by atoms with Gasteiger partial charge in [0.05, 0.1) is 20.4 Å². The van der Waals surface area contributed by atoms with E-state index < -0.39 is 0 Å². The Morgan fingerprint density at radius 2 is 1.74 bits per heavy atom. The lowest BCUT2D eigenvalue weighted by atomic mass is 9.98. The second-order valence-electron chi connectivity index (χ2n) is 4.50. The van der Waals surface area contributed by atoms with Crippen LogP contribution in [0.4, 0.5) is 5.82 Å². The van der Waals surface area contributed by atoms with Gasteiger partial charge in [-0.2, -0.15) is 5.10 Å². The smallest absolute Gasteiger partial charge is 0.164 e. The standard InChI is InChI=1S/C14H19N3O2/c1-8-6-10(11-7-16-17(3)14(11)15)9(2)13(19-5)12(8)18-4/h6-7H,15H2,1-5H3. The predicted molar refractivity (Wildman–Crippen MR) is 75.6 cm³/mol. The fraction of sp³-hybridized carbons (Fsp3) is 0.357. The van der Waals surface area contributed by atoms with Gasteiger partial charge in [0.15, 0.2) is 11.5 Å². The van der Waals surface area contributed by atoms with E-state index >= 15 is 0 Å². The van der Waals surface area contributed by atoms with Crippen molar-refractivity contribution in [2.75, 3.05) is 20.0 Å². The van der Waals surface area contributed by atoms with Crippen LogP contribution in [-0.2, 0) is 7.05 Å². The molecule has 5 nitrogen and oxygen atoms in total. The summed E-state index contributed by atoms with van der Waals surface area (Å²) in [5.41, 5.74) is 9.96. The fourth-order valence-electron chi connectivity index (χ4n) is 2.30. The van der Waals surface area contributed by atoms with Crippen molar-refractivity contribution in [2.45, 2.75) is 13.8 Å². The number of aromatic nitrogens is 2. The van der Waals surface area contributed by atoms with Crippen molar-refractivity contribution in [3.63, 3.8) is 0 Å². The number of benzene rings is 1. The van der Waals surface area contributed by atoms with E-state index in [9.17, 15) is 0 Å². The van der Waals surface area contributed by atoms with Gasteiger partial charge in [0, 0.05) is 18.2 Å². The van der Waals surface area contributed by atoms with Gasteiger partial charge in [0.2, 0.25) is 0 Å². The van der Waals surface area contributed by atoms with Gasteiger partial charge in [-0.1, -0.05) is 0 Å². The number of nitrogens with zero attached hydrogens (tertiary/aromatic N) is 2. The maximum Gasteiger partial charge on any atom is 0.164 e. The first-order valence-electron chi connectivity index (χ1n) is 6.01. The van der Waals surface area contributed by atoms with Gasteiger partial charge in [0.25, 0.3) is 0 Å². The van der Waals surface area contributed by atoms with Crippen LogP contribution in [0, 0.1) is 13.8 Å². The van der Waals surface area contributed by atoms with Crippen molar-refractivity contribution in [2.24, 2.45) is 7.05 Å². The highest BCUT2D eigenvalue weighted by atomic mass is 16.5. The third-order valence-electron chi connectivity index (χ3n) is 3.35. The summed E-state index contributed by atoms with van der Waals surface area (Å²) in [7, 11) is 5.10. The number of ether oxygens (including phenoxy) is 2. The minimum absolute atomic E-state index is 0.634. The molecule has 19 heavy (non-hydrogen) atoms. The quantitative estimate of drug-likeness (QED) is 0.921. The maximum absolute atomic E-state index is 6.04. The Kier molecular flexibility index (Phi) is 3.38. The zero-order valence-corrected chi connectivity index (χ0v) is 11.9. The van der Waals surface area contributed by atoms with Crippen molar-refractivity contribution in [3.05, 3.63) is 23.4 Å². The molecule has 1 aromatic carbocycles. The normalized spacial score (nSPS) is 10.6. The van der Waals surface area contributed by atoms with E-state index in [-0.39, 0.29) is 0 Å². The van der Waals surface area contributed by atoms with Crippen molar-refractivity contribution >= 4 is 5.82 Å². The monoisotopic (exact) mass is 261 g/mol. The molecule has 2 aromatic rings. The summed E-state index contributed by atoms with van der Waals surface area (Å²) in [6.07, 6.45) is 1.77. The topological polar surface area (TPSA) is 62.3 Å². The van der Waals surface area contributed by atoms with Crippen LogP contribution in [0.25, 0.3) is 11.1 Å². The molecule has 2 N–H and O–H groups in total. The Labute approximate surface area is 112 Å². The highest BCUT2D eigenvalue weighted by Gasteiger charge is 2.18. The molecule has 0 unspecified atom stereocenters. The Bertz CT molecular complexity index is 618. The summed E-state index contributed by atoms with van der Waals surface area (Å²) in [5, 5.41) is 4.18. The molecule has 102 valence electrons. The van der Waals surface area contributed by atoms with E-state index in [0.29, 0.717) is 5.82 Å². The van der Waals surface area contributed by atoms with Crippen molar-refractivity contribution < 1.29 is 9.47 Å². The van der Waals surface area contributed by atoms with Crippen molar-refractivity contribution in [1.82, 2.24) is 9.78 Å². The van der Waals surface area contributed by atoms with Crippen LogP contribution in [0.5, 0.6) is 11.5 Å². The molecule has 0 saturated carbocycles. The van der Waals surface area contributed by atoms with Crippen LogP contribution in [0.2, 0.25) is 0 Å². The van der Waals surface area contributed by atoms with Crippen molar-refractivity contribution in [3.8, 4) is 22.6 Å². The molecule has 1 heterocycles. The summed E-state index contributed by atoms with van der Waals surface area (Å²) >= 11 is 0. The largest absolute Gasteiger partial charge is 0.493 e. The van der Waals surface area contributed by atoms with Gasteiger partial charge in [-0.05, 0) is 31.0 Å². The Morgan fingerprint density at radius 3 is 2.21 bits per heavy atom. The molecule has 0 bridgehead atoms. The Hall–Kier alpha value is -2.17. The molecule has 0 spiro atoms. The molecule has 5 heteroatoms. The first-order valence-corrected chi connectivity index (χ1v) is 6.01. The lowest BCUT2D eigenvalue weighted by Crippen LogP contribution is -2.00. The van der Waals surface area contributed by atoms with Crippen LogP contribution in [-0.4, -0.2) is 24.0 Å². The number of methoxy groups -OCH3 is 2. The molecule has 2 rings (SSSR count). The third-order valence-corrected chi connectivity index (χ3v) is 3.35. The van der Waals surface area contributed by atoms with Crippen LogP contribution < -0.4 is 15.2 Å². The molecule has 0 fully saturated rings. The molecular formula is C14H19N3O2. The first kappa shape index (κ1) is 13.3. The third kappa shape index (κ3) is 2.01. The number of hydrogen-bond acceptors (Lipinski definition) is 4. The molecule has 0 saturated heterocycles. The van der Waals surface area contributed by atoms with Gasteiger partial charge < -0.3 is 15.2 Å². The van der Waals surface area contributed by atoms with Crippen LogP contribution in [0.3, 0.4) is 0 Å². The number of nitrogens with two attached hydrogens (primary N) is 1. The maximum atomic E-state index is 6.04. The summed E-state index contributed by atoms with van der Waals surface area (Å²) in [4.78, 5) is 0. The van der Waals surface area contributed by atoms with E-state index in [1.807, 2.05) is 27.0 Å². The van der Waals surface area contributed by atoms with E-state index in [0.717, 1.165) is 33.8 Å². The lowest BCUT2D eigenvalue weighted by molar-refractivity contribution is 0.351. The fourth-order valence-corrected chi connectivity index (χ4v) is 2.30. The van der Waals surface area contributed by atoms with Gasteiger partial charge >= 0.3 is 0 Å². The summed E-state index contributed by atoms with van der Waals surface area (Å²) in [6.45, 7) is 3.97. The number of hydrogen-bond donors (Lipinski definition) is 1. The molecule has 0 amide bonds. The SMILES string of the molecule is COc1c(C)cc(-c2cnn(C)c2N)c(C)c1OC. The highest BCUT2D eigenvalue weighted by molar-refractivity contribution is 5.80. The predicted octanol–water partition coefficient (Wildman–Crippen LogP) is 2.30. The molecule has 0 radical (unpaired) electrons. The Morgan fingerprint density at radius 1 is 1.11 bits per heavy atom. The molecule has 0 aliphatic carbocycles. The zero-order chi connectivity index (χ0) is 14.2. The first-order chi connectivity index (χ1) is 9.01. The average molecular weight is 261 g/mol. The van der Waals surface area contributed by atoms with Crippen LogP contribution >= 0.6 is 0 Å². The minimum atomic E-state index is 0.634. The van der Waals surface area contributed by atoms with Gasteiger partial charge in [-0.25, -0.2) is 0 Å². The van der Waals surface area contributed by atoms with Gasteiger partial charge in [-0.15, -0.1) is 0 Å². The molecule has 0 atom stereocenters. The number of rotatable bonds is 3. The minimum Gasteiger partial charge on any atom is -0.493 e. The average Bonchev–Trinajstić information content (AvgIpc) is 2.72. The van der Waals surface area contributed by atoms with E-state index in [1.165, 1.54) is 0 Å².